The Balaban J connectivity index is 2.25. The largest absolute Gasteiger partial charge is 0.462 e. The molecule has 0 radical (unpaired) electrons. The van der Waals surface area contributed by atoms with Gasteiger partial charge in [-0.2, -0.15) is 0 Å². The first-order valence-electron chi connectivity index (χ1n) is 5.72. The molecule has 0 aromatic heterocycles. The molecule has 2 N–H and O–H groups in total. The van der Waals surface area contributed by atoms with Gasteiger partial charge in [-0.1, -0.05) is 6.92 Å². The number of nitrogens with zero attached hydrogens (tertiary/aromatic N) is 1. The summed E-state index contributed by atoms with van der Waals surface area (Å²) >= 11 is 0. The first-order valence-corrected chi connectivity index (χ1v) is 5.72. The van der Waals surface area contributed by atoms with E-state index in [2.05, 4.69) is 11.9 Å². The Hall–Kier alpha value is -0.610. The van der Waals surface area contributed by atoms with Crippen molar-refractivity contribution in [3.8, 4) is 0 Å². The zero-order chi connectivity index (χ0) is 11.3. The average Bonchev–Trinajstić information content (AvgIpc) is 2.22. The lowest BCUT2D eigenvalue weighted by Gasteiger charge is -2.29. The number of ether oxygens (including phenoxy) is 1. The van der Waals surface area contributed by atoms with Crippen molar-refractivity contribution in [3.63, 3.8) is 0 Å². The van der Waals surface area contributed by atoms with Crippen LogP contribution in [0.1, 0.15) is 26.2 Å². The van der Waals surface area contributed by atoms with Gasteiger partial charge in [-0.25, -0.2) is 0 Å². The Labute approximate surface area is 91.8 Å². The number of hydrogen-bond donors (Lipinski definition) is 1. The predicted octanol–water partition coefficient (Wildman–Crippen LogP) is 0.609. The van der Waals surface area contributed by atoms with Crippen LogP contribution >= 0.6 is 0 Å². The molecule has 0 aromatic carbocycles. The molecule has 0 saturated carbocycles. The van der Waals surface area contributed by atoms with Crippen molar-refractivity contribution < 1.29 is 9.53 Å². The first-order chi connectivity index (χ1) is 7.13. The molecule has 1 atom stereocenters. The van der Waals surface area contributed by atoms with Crippen LogP contribution in [0.2, 0.25) is 0 Å². The van der Waals surface area contributed by atoms with Crippen LogP contribution < -0.4 is 5.73 Å². The van der Waals surface area contributed by atoms with E-state index in [-0.39, 0.29) is 18.0 Å². The standard InChI is InChI=1S/C11H22N2O2/c1-9(3-6-12)11(14)15-10-4-7-13(2)8-5-10/h9-10H,3-8,12H2,1-2H3. The van der Waals surface area contributed by atoms with E-state index in [0.717, 1.165) is 25.9 Å². The molecule has 0 bridgehead atoms. The highest BCUT2D eigenvalue weighted by atomic mass is 16.5. The van der Waals surface area contributed by atoms with E-state index in [1.54, 1.807) is 0 Å². The number of likely N-dealkylation sites (tertiary alicyclic amines) is 1. The molecule has 1 saturated heterocycles. The third-order valence-electron chi connectivity index (χ3n) is 2.95. The van der Waals surface area contributed by atoms with Crippen molar-refractivity contribution in [2.24, 2.45) is 11.7 Å². The predicted molar refractivity (Wildman–Crippen MR) is 59.4 cm³/mol. The van der Waals surface area contributed by atoms with Gasteiger partial charge in [0.05, 0.1) is 5.92 Å². The molecule has 0 spiro atoms. The number of carbonyl (C=O) groups excluding carboxylic acids is 1. The van der Waals surface area contributed by atoms with Crippen LogP contribution in [0.15, 0.2) is 0 Å². The van der Waals surface area contributed by atoms with Gasteiger partial charge in [0.1, 0.15) is 6.10 Å². The summed E-state index contributed by atoms with van der Waals surface area (Å²) in [7, 11) is 2.09. The molecule has 1 rings (SSSR count). The van der Waals surface area contributed by atoms with E-state index < -0.39 is 0 Å². The van der Waals surface area contributed by atoms with Gasteiger partial charge in [0, 0.05) is 13.1 Å². The van der Waals surface area contributed by atoms with E-state index in [4.69, 9.17) is 10.5 Å². The summed E-state index contributed by atoms with van der Waals surface area (Å²) in [4.78, 5) is 13.8. The van der Waals surface area contributed by atoms with Gasteiger partial charge in [0.2, 0.25) is 0 Å². The summed E-state index contributed by atoms with van der Waals surface area (Å²) < 4.78 is 5.43. The average molecular weight is 214 g/mol. The highest BCUT2D eigenvalue weighted by Crippen LogP contribution is 2.14. The van der Waals surface area contributed by atoms with Crippen molar-refractivity contribution in [2.75, 3.05) is 26.7 Å². The first kappa shape index (κ1) is 12.5. The van der Waals surface area contributed by atoms with Crippen molar-refractivity contribution in [1.82, 2.24) is 4.90 Å². The summed E-state index contributed by atoms with van der Waals surface area (Å²) in [5, 5.41) is 0. The molecule has 4 heteroatoms. The van der Waals surface area contributed by atoms with Crippen LogP contribution in [0.4, 0.5) is 0 Å². The molecule has 4 nitrogen and oxygen atoms in total. The van der Waals surface area contributed by atoms with Crippen LogP contribution in [0.5, 0.6) is 0 Å². The summed E-state index contributed by atoms with van der Waals surface area (Å²) in [5.41, 5.74) is 5.40. The molecule has 0 aromatic rings. The lowest BCUT2D eigenvalue weighted by atomic mass is 10.1. The fraction of sp³-hybridized carbons (Fsp3) is 0.909. The number of rotatable bonds is 4. The molecule has 0 aliphatic carbocycles. The summed E-state index contributed by atoms with van der Waals surface area (Å²) in [6.07, 6.45) is 2.74. The van der Waals surface area contributed by atoms with Crippen molar-refractivity contribution >= 4 is 5.97 Å². The summed E-state index contributed by atoms with van der Waals surface area (Å²) in [5.74, 6) is -0.148. The Bertz CT molecular complexity index is 201. The smallest absolute Gasteiger partial charge is 0.308 e. The van der Waals surface area contributed by atoms with Crippen molar-refractivity contribution in [1.29, 1.82) is 0 Å². The minimum atomic E-state index is -0.0880. The number of hydrogen-bond acceptors (Lipinski definition) is 4. The Morgan fingerprint density at radius 3 is 2.67 bits per heavy atom. The Morgan fingerprint density at radius 1 is 1.53 bits per heavy atom. The quantitative estimate of drug-likeness (QED) is 0.697. The molecule has 1 aliphatic rings. The number of piperidine rings is 1. The monoisotopic (exact) mass is 214 g/mol. The van der Waals surface area contributed by atoms with Crippen LogP contribution in [0, 0.1) is 5.92 Å². The van der Waals surface area contributed by atoms with Crippen LogP contribution in [-0.2, 0) is 9.53 Å². The molecule has 1 fully saturated rings. The Morgan fingerprint density at radius 2 is 2.13 bits per heavy atom. The molecular weight excluding hydrogens is 192 g/mol. The van der Waals surface area contributed by atoms with Crippen LogP contribution in [-0.4, -0.2) is 43.7 Å². The van der Waals surface area contributed by atoms with E-state index in [0.29, 0.717) is 13.0 Å². The summed E-state index contributed by atoms with van der Waals surface area (Å²) in [6, 6.07) is 0. The lowest BCUT2D eigenvalue weighted by molar-refractivity contribution is -0.155. The molecule has 1 unspecified atom stereocenters. The van der Waals surface area contributed by atoms with Gasteiger partial charge in [-0.05, 0) is 32.9 Å². The fourth-order valence-electron chi connectivity index (χ4n) is 1.75. The molecule has 1 aliphatic heterocycles. The zero-order valence-electron chi connectivity index (χ0n) is 9.74. The van der Waals surface area contributed by atoms with E-state index in [9.17, 15) is 4.79 Å². The van der Waals surface area contributed by atoms with Gasteiger partial charge >= 0.3 is 5.97 Å². The zero-order valence-corrected chi connectivity index (χ0v) is 9.74. The molecule has 15 heavy (non-hydrogen) atoms. The van der Waals surface area contributed by atoms with Crippen LogP contribution in [0.25, 0.3) is 0 Å². The fourth-order valence-corrected chi connectivity index (χ4v) is 1.75. The Kier molecular flexibility index (Phi) is 5.05. The molecular formula is C11H22N2O2. The van der Waals surface area contributed by atoms with Crippen LogP contribution in [0.3, 0.4) is 0 Å². The van der Waals surface area contributed by atoms with Gasteiger partial charge in [0.15, 0.2) is 0 Å². The number of nitrogens with two attached hydrogens (primary N) is 1. The second-order valence-electron chi connectivity index (χ2n) is 4.42. The van der Waals surface area contributed by atoms with Crippen molar-refractivity contribution in [2.45, 2.75) is 32.3 Å². The summed E-state index contributed by atoms with van der Waals surface area (Å²) in [6.45, 7) is 4.46. The maximum atomic E-state index is 11.6. The third kappa shape index (κ3) is 4.18. The molecule has 1 heterocycles. The second kappa shape index (κ2) is 6.08. The van der Waals surface area contributed by atoms with Crippen molar-refractivity contribution in [3.05, 3.63) is 0 Å². The third-order valence-corrected chi connectivity index (χ3v) is 2.95. The van der Waals surface area contributed by atoms with E-state index in [1.807, 2.05) is 6.92 Å². The SMILES string of the molecule is CC(CCN)C(=O)OC1CCN(C)CC1. The maximum Gasteiger partial charge on any atom is 0.308 e. The number of carbonyl (C=O) groups is 1. The normalized spacial score (nSPS) is 21.3. The number of esters is 1. The van der Waals surface area contributed by atoms with E-state index >= 15 is 0 Å². The highest BCUT2D eigenvalue weighted by molar-refractivity contribution is 5.72. The minimum Gasteiger partial charge on any atom is -0.462 e. The lowest BCUT2D eigenvalue weighted by Crippen LogP contribution is -2.36. The van der Waals surface area contributed by atoms with Gasteiger partial charge in [-0.3, -0.25) is 4.79 Å². The maximum absolute atomic E-state index is 11.6. The second-order valence-corrected chi connectivity index (χ2v) is 4.42. The highest BCUT2D eigenvalue weighted by Gasteiger charge is 2.22. The molecule has 0 amide bonds. The van der Waals surface area contributed by atoms with Gasteiger partial charge in [-0.15, -0.1) is 0 Å². The topological polar surface area (TPSA) is 55.6 Å². The van der Waals surface area contributed by atoms with Gasteiger partial charge < -0.3 is 15.4 Å². The van der Waals surface area contributed by atoms with Gasteiger partial charge in [0.25, 0.3) is 0 Å². The minimum absolute atomic E-state index is 0.0605. The van der Waals surface area contributed by atoms with E-state index in [1.165, 1.54) is 0 Å². The molecule has 88 valence electrons.